The molecule has 0 saturated heterocycles. The summed E-state index contributed by atoms with van der Waals surface area (Å²) in [6.45, 7) is 0. The van der Waals surface area contributed by atoms with Crippen LogP contribution in [0.1, 0.15) is 10.4 Å². The van der Waals surface area contributed by atoms with Gasteiger partial charge in [0.2, 0.25) is 0 Å². The van der Waals surface area contributed by atoms with Gasteiger partial charge in [0, 0.05) is 5.39 Å². The van der Waals surface area contributed by atoms with Crippen LogP contribution in [0.25, 0.3) is 22.3 Å². The Hall–Kier alpha value is -2.76. The zero-order valence-electron chi connectivity index (χ0n) is 9.14. The normalized spacial score (nSPS) is 10.9. The largest absolute Gasteiger partial charge is 0.506 e. The molecule has 0 radical (unpaired) electrons. The van der Waals surface area contributed by atoms with E-state index in [4.69, 9.17) is 5.11 Å². The summed E-state index contributed by atoms with van der Waals surface area (Å²) in [5, 5.41) is 25.9. The predicted molar refractivity (Wildman–Crippen MR) is 64.5 cm³/mol. The van der Waals surface area contributed by atoms with Crippen LogP contribution in [-0.4, -0.2) is 31.4 Å². The third-order valence-electron chi connectivity index (χ3n) is 2.77. The average molecular weight is 243 g/mol. The lowest BCUT2D eigenvalue weighted by Crippen LogP contribution is -1.96. The van der Waals surface area contributed by atoms with Crippen molar-refractivity contribution in [3.05, 3.63) is 36.0 Å². The summed E-state index contributed by atoms with van der Waals surface area (Å²) in [6.07, 6.45) is 1.25. The molecule has 0 aliphatic rings. The van der Waals surface area contributed by atoms with Gasteiger partial charge in [0.25, 0.3) is 0 Å². The van der Waals surface area contributed by atoms with Gasteiger partial charge in [-0.3, -0.25) is 5.10 Å². The molecule has 0 aliphatic carbocycles. The standard InChI is InChI=1S/C12H9N3O3/c16-9-3-1-2-6-4-8(14-10(6)9)11-7(12(17)18)5-13-15-11/h1-5,14,16H,(H,13,15)(H,17,18). The van der Waals surface area contributed by atoms with E-state index in [0.717, 1.165) is 5.39 Å². The van der Waals surface area contributed by atoms with Crippen LogP contribution in [0.4, 0.5) is 0 Å². The highest BCUT2D eigenvalue weighted by molar-refractivity contribution is 5.97. The smallest absolute Gasteiger partial charge is 0.339 e. The summed E-state index contributed by atoms with van der Waals surface area (Å²) in [7, 11) is 0. The Labute approximate surface area is 101 Å². The van der Waals surface area contributed by atoms with Crippen LogP contribution in [0, 0.1) is 0 Å². The van der Waals surface area contributed by atoms with Crippen LogP contribution in [0.5, 0.6) is 5.75 Å². The van der Waals surface area contributed by atoms with E-state index in [9.17, 15) is 9.90 Å². The summed E-state index contributed by atoms with van der Waals surface area (Å²) in [6, 6.07) is 6.87. The van der Waals surface area contributed by atoms with Crippen molar-refractivity contribution in [2.45, 2.75) is 0 Å². The molecule has 0 aliphatic heterocycles. The number of aromatic nitrogens is 3. The van der Waals surface area contributed by atoms with Gasteiger partial charge in [0.05, 0.1) is 23.1 Å². The van der Waals surface area contributed by atoms with Crippen LogP contribution in [0.2, 0.25) is 0 Å². The lowest BCUT2D eigenvalue weighted by atomic mass is 10.2. The Balaban J connectivity index is 2.23. The Morgan fingerprint density at radius 2 is 2.17 bits per heavy atom. The summed E-state index contributed by atoms with van der Waals surface area (Å²) in [4.78, 5) is 14.0. The summed E-state index contributed by atoms with van der Waals surface area (Å²) in [5.74, 6) is -0.934. The quantitative estimate of drug-likeness (QED) is 0.552. The van der Waals surface area contributed by atoms with Crippen LogP contribution in [0.15, 0.2) is 30.5 Å². The van der Waals surface area contributed by atoms with E-state index >= 15 is 0 Å². The minimum Gasteiger partial charge on any atom is -0.506 e. The first-order valence-electron chi connectivity index (χ1n) is 5.24. The molecular formula is C12H9N3O3. The van der Waals surface area contributed by atoms with E-state index in [1.165, 1.54) is 6.20 Å². The molecule has 3 rings (SSSR count). The number of phenolic OH excluding ortho intramolecular Hbond substituents is 1. The molecule has 0 bridgehead atoms. The van der Waals surface area contributed by atoms with Crippen LogP contribution >= 0.6 is 0 Å². The van der Waals surface area contributed by atoms with E-state index in [2.05, 4.69) is 15.2 Å². The molecule has 0 saturated carbocycles. The van der Waals surface area contributed by atoms with E-state index in [0.29, 0.717) is 16.9 Å². The van der Waals surface area contributed by atoms with E-state index in [1.54, 1.807) is 18.2 Å². The SMILES string of the molecule is O=C(O)c1cn[nH]c1-c1cc2cccc(O)c2[nH]1. The molecule has 2 aromatic heterocycles. The van der Waals surface area contributed by atoms with E-state index < -0.39 is 5.97 Å². The molecule has 0 unspecified atom stereocenters. The number of benzene rings is 1. The maximum atomic E-state index is 11.0. The second-order valence-corrected chi connectivity index (χ2v) is 3.89. The second-order valence-electron chi connectivity index (χ2n) is 3.89. The number of aromatic carboxylic acids is 1. The highest BCUT2D eigenvalue weighted by Gasteiger charge is 2.16. The molecule has 0 amide bonds. The summed E-state index contributed by atoms with van der Waals surface area (Å²) in [5.41, 5.74) is 1.61. The number of aromatic hydroxyl groups is 1. The lowest BCUT2D eigenvalue weighted by molar-refractivity contribution is 0.0698. The summed E-state index contributed by atoms with van der Waals surface area (Å²) < 4.78 is 0. The minimum atomic E-state index is -1.05. The number of nitrogens with one attached hydrogen (secondary N) is 2. The molecule has 1 aromatic carbocycles. The van der Waals surface area contributed by atoms with Gasteiger partial charge in [0.15, 0.2) is 0 Å². The third kappa shape index (κ3) is 1.43. The van der Waals surface area contributed by atoms with E-state index in [1.807, 2.05) is 6.07 Å². The first kappa shape index (κ1) is 10.4. The predicted octanol–water partition coefficient (Wildman–Crippen LogP) is 1.96. The summed E-state index contributed by atoms with van der Waals surface area (Å²) >= 11 is 0. The number of H-pyrrole nitrogens is 2. The second kappa shape index (κ2) is 3.63. The van der Waals surface area contributed by atoms with Gasteiger partial charge < -0.3 is 15.2 Å². The molecule has 90 valence electrons. The monoisotopic (exact) mass is 243 g/mol. The third-order valence-corrected chi connectivity index (χ3v) is 2.77. The Morgan fingerprint density at radius 1 is 1.33 bits per heavy atom. The molecule has 0 spiro atoms. The fraction of sp³-hybridized carbons (Fsp3) is 0. The van der Waals surface area contributed by atoms with Gasteiger partial charge in [-0.05, 0) is 12.1 Å². The fourth-order valence-electron chi connectivity index (χ4n) is 1.93. The number of hydrogen-bond donors (Lipinski definition) is 4. The molecule has 18 heavy (non-hydrogen) atoms. The van der Waals surface area contributed by atoms with Crippen molar-refractivity contribution in [1.82, 2.24) is 15.2 Å². The molecule has 3 aromatic rings. The lowest BCUT2D eigenvalue weighted by Gasteiger charge is -1.95. The number of carboxylic acid groups (broad SMARTS) is 1. The molecule has 0 fully saturated rings. The van der Waals surface area contributed by atoms with Gasteiger partial charge in [-0.2, -0.15) is 5.10 Å². The van der Waals surface area contributed by atoms with Crippen molar-refractivity contribution in [1.29, 1.82) is 0 Å². The van der Waals surface area contributed by atoms with Gasteiger partial charge >= 0.3 is 5.97 Å². The highest BCUT2D eigenvalue weighted by atomic mass is 16.4. The minimum absolute atomic E-state index is 0.0843. The van der Waals surface area contributed by atoms with Crippen LogP contribution in [-0.2, 0) is 0 Å². The zero-order chi connectivity index (χ0) is 12.7. The number of carbonyl (C=O) groups is 1. The number of rotatable bonds is 2. The number of fused-ring (bicyclic) bond motifs is 1. The fourth-order valence-corrected chi connectivity index (χ4v) is 1.93. The van der Waals surface area contributed by atoms with Gasteiger partial charge in [-0.25, -0.2) is 4.79 Å². The van der Waals surface area contributed by atoms with Crippen LogP contribution < -0.4 is 0 Å². The first-order chi connectivity index (χ1) is 8.66. The molecule has 6 nitrogen and oxygen atoms in total. The van der Waals surface area contributed by atoms with Crippen molar-refractivity contribution in [2.24, 2.45) is 0 Å². The molecule has 2 heterocycles. The van der Waals surface area contributed by atoms with Crippen molar-refractivity contribution in [2.75, 3.05) is 0 Å². The average Bonchev–Trinajstić information content (AvgIpc) is 2.95. The van der Waals surface area contributed by atoms with Crippen molar-refractivity contribution < 1.29 is 15.0 Å². The van der Waals surface area contributed by atoms with Crippen molar-refractivity contribution >= 4 is 16.9 Å². The first-order valence-corrected chi connectivity index (χ1v) is 5.24. The van der Waals surface area contributed by atoms with Crippen molar-refractivity contribution in [3.63, 3.8) is 0 Å². The maximum absolute atomic E-state index is 11.0. The number of aromatic amines is 2. The Kier molecular flexibility index (Phi) is 2.09. The number of nitrogens with zero attached hydrogens (tertiary/aromatic N) is 1. The van der Waals surface area contributed by atoms with Crippen LogP contribution in [0.3, 0.4) is 0 Å². The van der Waals surface area contributed by atoms with E-state index in [-0.39, 0.29) is 11.3 Å². The zero-order valence-corrected chi connectivity index (χ0v) is 9.14. The number of phenols is 1. The highest BCUT2D eigenvalue weighted by Crippen LogP contribution is 2.29. The number of para-hydroxylation sites is 1. The van der Waals surface area contributed by atoms with Crippen molar-refractivity contribution in [3.8, 4) is 17.1 Å². The van der Waals surface area contributed by atoms with Gasteiger partial charge in [0.1, 0.15) is 11.3 Å². The van der Waals surface area contributed by atoms with Gasteiger partial charge in [-0.15, -0.1) is 0 Å². The molecular weight excluding hydrogens is 234 g/mol. The molecule has 0 atom stereocenters. The van der Waals surface area contributed by atoms with Gasteiger partial charge in [-0.1, -0.05) is 12.1 Å². The maximum Gasteiger partial charge on any atom is 0.339 e. The Bertz CT molecular complexity index is 742. The Morgan fingerprint density at radius 3 is 2.89 bits per heavy atom. The number of hydrogen-bond acceptors (Lipinski definition) is 3. The molecule has 6 heteroatoms. The molecule has 4 N–H and O–H groups in total. The topological polar surface area (TPSA) is 102 Å². The number of carboxylic acids is 1.